The van der Waals surface area contributed by atoms with E-state index < -0.39 is 5.82 Å². The highest BCUT2D eigenvalue weighted by molar-refractivity contribution is 9.10. The summed E-state index contributed by atoms with van der Waals surface area (Å²) in [7, 11) is 3.12. The summed E-state index contributed by atoms with van der Waals surface area (Å²) < 4.78 is 21.2. The second kappa shape index (κ2) is 4.37. The van der Waals surface area contributed by atoms with E-state index in [0.29, 0.717) is 17.1 Å². The number of nitrogens with two attached hydrogens (primary N) is 1. The Balaban J connectivity index is 2.62. The summed E-state index contributed by atoms with van der Waals surface area (Å²) in [6, 6.07) is 4.81. The highest BCUT2D eigenvalue weighted by Crippen LogP contribution is 2.32. The number of halogens is 2. The molecule has 0 aliphatic heterocycles. The number of nitrogens with zero attached hydrogens (tertiary/aromatic N) is 2. The topological polar surface area (TPSA) is 53.1 Å². The van der Waals surface area contributed by atoms with E-state index in [0.717, 1.165) is 4.47 Å². The molecule has 17 heavy (non-hydrogen) atoms. The Morgan fingerprint density at radius 3 is 2.65 bits per heavy atom. The molecule has 0 unspecified atom stereocenters. The van der Waals surface area contributed by atoms with Crippen LogP contribution in [0.15, 0.2) is 22.7 Å². The van der Waals surface area contributed by atoms with Gasteiger partial charge in [0.15, 0.2) is 11.6 Å². The van der Waals surface area contributed by atoms with E-state index in [1.54, 1.807) is 25.2 Å². The Bertz CT molecular complexity index is 549. The van der Waals surface area contributed by atoms with Gasteiger partial charge in [0, 0.05) is 23.2 Å². The minimum absolute atomic E-state index is 0.165. The van der Waals surface area contributed by atoms with Gasteiger partial charge in [0.1, 0.15) is 5.82 Å². The van der Waals surface area contributed by atoms with E-state index in [1.165, 1.54) is 11.8 Å². The molecule has 0 bridgehead atoms. The van der Waals surface area contributed by atoms with Gasteiger partial charge in [-0.05, 0) is 12.1 Å². The molecule has 2 aromatic rings. The quantitative estimate of drug-likeness (QED) is 0.927. The lowest BCUT2D eigenvalue weighted by molar-refractivity contribution is 0.387. The number of aryl methyl sites for hydroxylation is 1. The van der Waals surface area contributed by atoms with Gasteiger partial charge < -0.3 is 10.5 Å². The van der Waals surface area contributed by atoms with Gasteiger partial charge >= 0.3 is 0 Å². The maximum absolute atomic E-state index is 14.0. The number of ether oxygens (including phenoxy) is 1. The van der Waals surface area contributed by atoms with Gasteiger partial charge in [-0.15, -0.1) is 0 Å². The number of anilines is 1. The number of aromatic nitrogens is 2. The van der Waals surface area contributed by atoms with Crippen molar-refractivity contribution < 1.29 is 9.13 Å². The molecule has 1 heterocycles. The van der Waals surface area contributed by atoms with Crippen LogP contribution in [0.1, 0.15) is 0 Å². The van der Waals surface area contributed by atoms with Crippen molar-refractivity contribution in [2.75, 3.05) is 12.8 Å². The van der Waals surface area contributed by atoms with Crippen LogP contribution >= 0.6 is 15.9 Å². The molecule has 90 valence electrons. The molecule has 4 nitrogen and oxygen atoms in total. The van der Waals surface area contributed by atoms with Crippen LogP contribution < -0.4 is 10.5 Å². The van der Waals surface area contributed by atoms with Crippen molar-refractivity contribution >= 4 is 21.7 Å². The Labute approximate surface area is 106 Å². The van der Waals surface area contributed by atoms with E-state index in [1.807, 2.05) is 0 Å². The van der Waals surface area contributed by atoms with E-state index in [2.05, 4.69) is 21.0 Å². The molecular weight excluding hydrogens is 289 g/mol. The zero-order valence-corrected chi connectivity index (χ0v) is 11.0. The van der Waals surface area contributed by atoms with Crippen molar-refractivity contribution in [3.8, 4) is 17.0 Å². The third kappa shape index (κ3) is 2.12. The molecule has 0 atom stereocenters. The summed E-state index contributed by atoms with van der Waals surface area (Å²) in [5, 5.41) is 4.13. The molecule has 2 N–H and O–H groups in total. The average molecular weight is 300 g/mol. The predicted octanol–water partition coefficient (Wildman–Crippen LogP) is 2.58. The highest BCUT2D eigenvalue weighted by atomic mass is 79.9. The number of rotatable bonds is 2. The second-order valence-corrected chi connectivity index (χ2v) is 4.46. The zero-order valence-electron chi connectivity index (χ0n) is 9.37. The maximum atomic E-state index is 14.0. The number of nitrogen functional groups attached to an aromatic ring is 1. The summed E-state index contributed by atoms with van der Waals surface area (Å²) in [5.74, 6) is 0.186. The molecule has 1 aromatic carbocycles. The molecule has 0 aliphatic carbocycles. The predicted molar refractivity (Wildman–Crippen MR) is 67.3 cm³/mol. The summed E-state index contributed by atoms with van der Waals surface area (Å²) in [6.45, 7) is 0. The number of benzene rings is 1. The Hall–Kier alpha value is -1.56. The van der Waals surface area contributed by atoms with Gasteiger partial charge in [0.05, 0.1) is 12.8 Å². The van der Waals surface area contributed by atoms with E-state index in [-0.39, 0.29) is 5.75 Å². The first-order valence-corrected chi connectivity index (χ1v) is 5.65. The SMILES string of the molecule is COc1cc(Br)cc(-c2cc(N)n(C)n2)c1F. The largest absolute Gasteiger partial charge is 0.494 e. The Morgan fingerprint density at radius 1 is 1.41 bits per heavy atom. The van der Waals surface area contributed by atoms with Crippen molar-refractivity contribution in [1.29, 1.82) is 0 Å². The molecule has 1 aromatic heterocycles. The first-order valence-electron chi connectivity index (χ1n) is 4.86. The fourth-order valence-electron chi connectivity index (χ4n) is 1.51. The van der Waals surface area contributed by atoms with Crippen LogP contribution in [-0.4, -0.2) is 16.9 Å². The van der Waals surface area contributed by atoms with Crippen LogP contribution in [0.4, 0.5) is 10.2 Å². The highest BCUT2D eigenvalue weighted by Gasteiger charge is 2.15. The normalized spacial score (nSPS) is 10.6. The summed E-state index contributed by atoms with van der Waals surface area (Å²) in [5.41, 5.74) is 6.50. The summed E-state index contributed by atoms with van der Waals surface area (Å²) in [4.78, 5) is 0. The molecule has 0 amide bonds. The van der Waals surface area contributed by atoms with Crippen molar-refractivity contribution in [2.24, 2.45) is 7.05 Å². The summed E-state index contributed by atoms with van der Waals surface area (Å²) >= 11 is 3.30. The summed E-state index contributed by atoms with van der Waals surface area (Å²) in [6.07, 6.45) is 0. The first-order chi connectivity index (χ1) is 8.02. The van der Waals surface area contributed by atoms with Gasteiger partial charge in [-0.1, -0.05) is 15.9 Å². The number of hydrogen-bond donors (Lipinski definition) is 1. The third-order valence-corrected chi connectivity index (χ3v) is 2.87. The average Bonchev–Trinajstić information content (AvgIpc) is 2.62. The van der Waals surface area contributed by atoms with Crippen LogP contribution in [0.25, 0.3) is 11.3 Å². The fraction of sp³-hybridized carbons (Fsp3) is 0.182. The molecule has 0 saturated carbocycles. The number of hydrogen-bond acceptors (Lipinski definition) is 3. The molecule has 2 rings (SSSR count). The van der Waals surface area contributed by atoms with Crippen LogP contribution in [0.5, 0.6) is 5.75 Å². The lowest BCUT2D eigenvalue weighted by Crippen LogP contribution is -1.97. The zero-order chi connectivity index (χ0) is 12.6. The molecule has 0 spiro atoms. The van der Waals surface area contributed by atoms with Gasteiger partial charge in [-0.25, -0.2) is 4.39 Å². The molecule has 0 fully saturated rings. The monoisotopic (exact) mass is 299 g/mol. The van der Waals surface area contributed by atoms with E-state index in [9.17, 15) is 4.39 Å². The maximum Gasteiger partial charge on any atom is 0.174 e. The smallest absolute Gasteiger partial charge is 0.174 e. The first kappa shape index (κ1) is 11.9. The van der Waals surface area contributed by atoms with Crippen molar-refractivity contribution in [3.63, 3.8) is 0 Å². The van der Waals surface area contributed by atoms with Crippen LogP contribution in [0.2, 0.25) is 0 Å². The molecule has 6 heteroatoms. The van der Waals surface area contributed by atoms with Crippen LogP contribution in [0.3, 0.4) is 0 Å². The minimum Gasteiger partial charge on any atom is -0.494 e. The lowest BCUT2D eigenvalue weighted by atomic mass is 10.1. The second-order valence-electron chi connectivity index (χ2n) is 3.55. The molecule has 0 aliphatic rings. The standard InChI is InChI=1S/C11H11BrFN3O/c1-16-10(14)5-8(15-16)7-3-6(12)4-9(17-2)11(7)13/h3-5H,14H2,1-2H3. The van der Waals surface area contributed by atoms with Crippen molar-refractivity contribution in [2.45, 2.75) is 0 Å². The van der Waals surface area contributed by atoms with Gasteiger partial charge in [-0.2, -0.15) is 5.10 Å². The Kier molecular flexibility index (Phi) is 3.06. The molecule has 0 radical (unpaired) electrons. The van der Waals surface area contributed by atoms with Gasteiger partial charge in [0.2, 0.25) is 0 Å². The molecular formula is C11H11BrFN3O. The van der Waals surface area contributed by atoms with Crippen LogP contribution in [0, 0.1) is 5.82 Å². The minimum atomic E-state index is -0.450. The van der Waals surface area contributed by atoms with E-state index in [4.69, 9.17) is 10.5 Å². The van der Waals surface area contributed by atoms with Gasteiger partial charge in [-0.3, -0.25) is 4.68 Å². The van der Waals surface area contributed by atoms with Crippen molar-refractivity contribution in [3.05, 3.63) is 28.5 Å². The fourth-order valence-corrected chi connectivity index (χ4v) is 1.95. The lowest BCUT2D eigenvalue weighted by Gasteiger charge is -2.06. The Morgan fingerprint density at radius 2 is 2.12 bits per heavy atom. The van der Waals surface area contributed by atoms with Crippen molar-refractivity contribution in [1.82, 2.24) is 9.78 Å². The van der Waals surface area contributed by atoms with E-state index >= 15 is 0 Å². The molecule has 0 saturated heterocycles. The third-order valence-electron chi connectivity index (χ3n) is 2.42. The number of methoxy groups -OCH3 is 1. The van der Waals surface area contributed by atoms with Gasteiger partial charge in [0.25, 0.3) is 0 Å². The van der Waals surface area contributed by atoms with Crippen LogP contribution in [-0.2, 0) is 7.05 Å².